The Morgan fingerprint density at radius 1 is 1.28 bits per heavy atom. The van der Waals surface area contributed by atoms with E-state index in [1.807, 2.05) is 12.3 Å². The van der Waals surface area contributed by atoms with Crippen molar-refractivity contribution >= 4 is 22.8 Å². The molecule has 2 aromatic heterocycles. The van der Waals surface area contributed by atoms with Crippen LogP contribution in [0.1, 0.15) is 13.3 Å². The van der Waals surface area contributed by atoms with Crippen LogP contribution in [0.25, 0.3) is 11.0 Å². The van der Waals surface area contributed by atoms with Gasteiger partial charge in [-0.1, -0.05) is 41.6 Å². The van der Waals surface area contributed by atoms with Gasteiger partial charge in [0.25, 0.3) is 0 Å². The molecule has 3 rings (SSSR count). The number of nitrogens with one attached hydrogen (secondary N) is 1. The standard InChI is InChI=1S/C14H13N3S/c1-10-3-2-4-11(6-5-10)18-14-12-7-8-15-13(12)16-9-17-14/h2-3,5-9H,4H2,1H3,(H,15,16,17). The molecule has 3 nitrogen and oxygen atoms in total. The molecule has 0 spiro atoms. The molecule has 0 saturated carbocycles. The van der Waals surface area contributed by atoms with Gasteiger partial charge in [-0.3, -0.25) is 0 Å². The van der Waals surface area contributed by atoms with Crippen LogP contribution in [-0.2, 0) is 0 Å². The summed E-state index contributed by atoms with van der Waals surface area (Å²) in [5.74, 6) is 0. The van der Waals surface area contributed by atoms with Crippen LogP contribution >= 0.6 is 11.8 Å². The molecule has 0 atom stereocenters. The first kappa shape index (κ1) is 11.3. The van der Waals surface area contributed by atoms with Gasteiger partial charge in [0.1, 0.15) is 17.0 Å². The Labute approximate surface area is 110 Å². The van der Waals surface area contributed by atoms with Crippen molar-refractivity contribution in [3.05, 3.63) is 53.4 Å². The quantitative estimate of drug-likeness (QED) is 0.829. The van der Waals surface area contributed by atoms with Gasteiger partial charge < -0.3 is 4.98 Å². The number of hydrogen-bond donors (Lipinski definition) is 1. The van der Waals surface area contributed by atoms with Gasteiger partial charge >= 0.3 is 0 Å². The minimum atomic E-state index is 0.893. The Hall–Kier alpha value is -1.81. The van der Waals surface area contributed by atoms with E-state index in [2.05, 4.69) is 46.2 Å². The highest BCUT2D eigenvalue weighted by molar-refractivity contribution is 8.03. The van der Waals surface area contributed by atoms with Crippen LogP contribution in [0.5, 0.6) is 0 Å². The number of allylic oxidation sites excluding steroid dienone is 6. The largest absolute Gasteiger partial charge is 0.346 e. The summed E-state index contributed by atoms with van der Waals surface area (Å²) in [5, 5.41) is 2.09. The summed E-state index contributed by atoms with van der Waals surface area (Å²) in [4.78, 5) is 13.0. The van der Waals surface area contributed by atoms with Gasteiger partial charge in [-0.2, -0.15) is 0 Å². The molecule has 0 fully saturated rings. The first-order valence-electron chi connectivity index (χ1n) is 5.83. The average molecular weight is 255 g/mol. The molecule has 0 aliphatic heterocycles. The third-order valence-corrected chi connectivity index (χ3v) is 3.86. The molecule has 0 saturated heterocycles. The van der Waals surface area contributed by atoms with Crippen molar-refractivity contribution in [3.63, 3.8) is 0 Å². The molecule has 2 aromatic rings. The lowest BCUT2D eigenvalue weighted by molar-refractivity contribution is 1.09. The van der Waals surface area contributed by atoms with Crippen LogP contribution in [0, 0.1) is 0 Å². The average Bonchev–Trinajstić information content (AvgIpc) is 2.76. The molecular formula is C14H13N3S. The Kier molecular flexibility index (Phi) is 3.02. The zero-order chi connectivity index (χ0) is 12.4. The van der Waals surface area contributed by atoms with Crippen LogP contribution in [0.2, 0.25) is 0 Å². The Balaban J connectivity index is 1.93. The van der Waals surface area contributed by atoms with Crippen LogP contribution in [-0.4, -0.2) is 15.0 Å². The number of aromatic nitrogens is 3. The molecule has 0 amide bonds. The third-order valence-electron chi connectivity index (χ3n) is 2.78. The van der Waals surface area contributed by atoms with Crippen molar-refractivity contribution in [2.75, 3.05) is 0 Å². The molecule has 0 bridgehead atoms. The van der Waals surface area contributed by atoms with E-state index in [1.165, 1.54) is 10.5 Å². The second-order valence-electron chi connectivity index (χ2n) is 4.17. The van der Waals surface area contributed by atoms with Gasteiger partial charge in [0, 0.05) is 6.20 Å². The SMILES string of the molecule is CC1=CC=C(Sc2ncnc3[nH]ccc23)CC=C1. The second kappa shape index (κ2) is 4.82. The monoisotopic (exact) mass is 255 g/mol. The fraction of sp³-hybridized carbons (Fsp3) is 0.143. The van der Waals surface area contributed by atoms with Gasteiger partial charge in [0.15, 0.2) is 0 Å². The number of fused-ring (bicyclic) bond motifs is 1. The maximum absolute atomic E-state index is 4.37. The maximum atomic E-state index is 4.37. The molecule has 0 radical (unpaired) electrons. The summed E-state index contributed by atoms with van der Waals surface area (Å²) in [6, 6.07) is 2.02. The molecule has 1 aliphatic carbocycles. The predicted octanol–water partition coefficient (Wildman–Crippen LogP) is 3.84. The van der Waals surface area contributed by atoms with E-state index >= 15 is 0 Å². The molecular weight excluding hydrogens is 242 g/mol. The van der Waals surface area contributed by atoms with Crippen molar-refractivity contribution in [3.8, 4) is 0 Å². The fourth-order valence-electron chi connectivity index (χ4n) is 1.84. The highest BCUT2D eigenvalue weighted by Crippen LogP contribution is 2.32. The predicted molar refractivity (Wildman–Crippen MR) is 75.3 cm³/mol. The topological polar surface area (TPSA) is 41.6 Å². The number of aromatic amines is 1. The third kappa shape index (κ3) is 2.24. The molecule has 1 aliphatic rings. The number of rotatable bonds is 2. The fourth-order valence-corrected chi connectivity index (χ4v) is 2.78. The van der Waals surface area contributed by atoms with Crippen molar-refractivity contribution in [1.82, 2.24) is 15.0 Å². The van der Waals surface area contributed by atoms with Gasteiger partial charge in [-0.15, -0.1) is 0 Å². The van der Waals surface area contributed by atoms with Crippen molar-refractivity contribution < 1.29 is 0 Å². The lowest BCUT2D eigenvalue weighted by atomic mass is 10.3. The summed E-state index contributed by atoms with van der Waals surface area (Å²) in [5.41, 5.74) is 2.17. The number of H-pyrrole nitrogens is 1. The lowest BCUT2D eigenvalue weighted by Gasteiger charge is -2.03. The van der Waals surface area contributed by atoms with Crippen molar-refractivity contribution in [2.24, 2.45) is 0 Å². The van der Waals surface area contributed by atoms with E-state index in [-0.39, 0.29) is 0 Å². The summed E-state index contributed by atoms with van der Waals surface area (Å²) in [6.07, 6.45) is 13.1. The van der Waals surface area contributed by atoms with E-state index in [9.17, 15) is 0 Å². The Morgan fingerprint density at radius 3 is 3.17 bits per heavy atom. The molecule has 2 heterocycles. The summed E-state index contributed by atoms with van der Waals surface area (Å²) in [7, 11) is 0. The molecule has 1 N–H and O–H groups in total. The van der Waals surface area contributed by atoms with Crippen molar-refractivity contribution in [2.45, 2.75) is 18.4 Å². The maximum Gasteiger partial charge on any atom is 0.141 e. The minimum Gasteiger partial charge on any atom is -0.346 e. The van der Waals surface area contributed by atoms with Gasteiger partial charge in [0.05, 0.1) is 5.39 Å². The first-order chi connectivity index (χ1) is 8.83. The van der Waals surface area contributed by atoms with Crippen LogP contribution in [0.15, 0.2) is 58.4 Å². The van der Waals surface area contributed by atoms with Crippen LogP contribution in [0.4, 0.5) is 0 Å². The van der Waals surface area contributed by atoms with E-state index in [1.54, 1.807) is 18.1 Å². The summed E-state index contributed by atoms with van der Waals surface area (Å²) in [6.45, 7) is 2.11. The van der Waals surface area contributed by atoms with Gasteiger partial charge in [-0.25, -0.2) is 9.97 Å². The first-order valence-corrected chi connectivity index (χ1v) is 6.64. The van der Waals surface area contributed by atoms with Gasteiger partial charge in [0.2, 0.25) is 0 Å². The Morgan fingerprint density at radius 2 is 2.22 bits per heavy atom. The van der Waals surface area contributed by atoms with E-state index in [0.29, 0.717) is 0 Å². The van der Waals surface area contributed by atoms with Gasteiger partial charge in [-0.05, 0) is 24.3 Å². The number of thioether (sulfide) groups is 1. The van der Waals surface area contributed by atoms with E-state index in [4.69, 9.17) is 0 Å². The molecule has 0 aromatic carbocycles. The van der Waals surface area contributed by atoms with E-state index in [0.717, 1.165) is 22.5 Å². The Bertz CT molecular complexity index is 664. The molecule has 4 heteroatoms. The summed E-state index contributed by atoms with van der Waals surface area (Å²) >= 11 is 1.71. The molecule has 90 valence electrons. The smallest absolute Gasteiger partial charge is 0.141 e. The number of nitrogens with zero attached hydrogens (tertiary/aromatic N) is 2. The lowest BCUT2D eigenvalue weighted by Crippen LogP contribution is -1.85. The van der Waals surface area contributed by atoms with Crippen LogP contribution in [0.3, 0.4) is 0 Å². The summed E-state index contributed by atoms with van der Waals surface area (Å²) < 4.78 is 0. The highest BCUT2D eigenvalue weighted by atomic mass is 32.2. The molecule has 0 unspecified atom stereocenters. The van der Waals surface area contributed by atoms with Crippen LogP contribution < -0.4 is 0 Å². The van der Waals surface area contributed by atoms with E-state index < -0.39 is 0 Å². The highest BCUT2D eigenvalue weighted by Gasteiger charge is 2.07. The zero-order valence-corrected chi connectivity index (χ0v) is 10.9. The minimum absolute atomic E-state index is 0.893. The van der Waals surface area contributed by atoms with Crippen molar-refractivity contribution in [1.29, 1.82) is 0 Å². The normalized spacial score (nSPS) is 15.4. The number of hydrogen-bond acceptors (Lipinski definition) is 3. The second-order valence-corrected chi connectivity index (χ2v) is 5.29. The zero-order valence-electron chi connectivity index (χ0n) is 10.1. The molecule has 18 heavy (non-hydrogen) atoms.